The second-order valence-corrected chi connectivity index (χ2v) is 13.2. The van der Waals surface area contributed by atoms with E-state index in [1.165, 1.54) is 17.3 Å². The standard InChI is InChI=1S/C30H27F3OSi/c1-34-26-20-16-23(17-21-26)28(22-14-18-25(19-15-22)30(31,32)33)29(24-10-6-4-7-11-24)35(2,3)27-12-8-5-9-13-27/h4-21H,1-3H3/b29-28+. The minimum atomic E-state index is -4.39. The highest BCUT2D eigenvalue weighted by atomic mass is 28.3. The Bertz CT molecular complexity index is 1290. The predicted octanol–water partition coefficient (Wildman–Crippen LogP) is 7.83. The molecule has 4 aromatic carbocycles. The first kappa shape index (κ1) is 24.5. The Morgan fingerprint density at radius 3 is 1.60 bits per heavy atom. The van der Waals surface area contributed by atoms with E-state index in [1.54, 1.807) is 19.2 Å². The Balaban J connectivity index is 2.06. The summed E-state index contributed by atoms with van der Waals surface area (Å²) in [6, 6.07) is 33.7. The first-order chi connectivity index (χ1) is 16.7. The molecule has 0 unspecified atom stereocenters. The molecule has 35 heavy (non-hydrogen) atoms. The Hall–Kier alpha value is -3.57. The van der Waals surface area contributed by atoms with Gasteiger partial charge in [-0.15, -0.1) is 0 Å². The molecule has 0 heterocycles. The molecule has 0 aliphatic carbocycles. The van der Waals surface area contributed by atoms with Gasteiger partial charge in [-0.1, -0.05) is 103 Å². The van der Waals surface area contributed by atoms with Gasteiger partial charge >= 0.3 is 6.18 Å². The molecule has 0 aromatic heterocycles. The molecule has 178 valence electrons. The molecule has 4 rings (SSSR count). The van der Waals surface area contributed by atoms with Crippen LogP contribution < -0.4 is 9.92 Å². The first-order valence-electron chi connectivity index (χ1n) is 11.4. The van der Waals surface area contributed by atoms with Crippen LogP contribution in [0.5, 0.6) is 5.75 Å². The number of ether oxygens (including phenoxy) is 1. The lowest BCUT2D eigenvalue weighted by Crippen LogP contribution is -2.43. The van der Waals surface area contributed by atoms with Gasteiger partial charge in [0.1, 0.15) is 13.8 Å². The van der Waals surface area contributed by atoms with Gasteiger partial charge in [0.05, 0.1) is 12.7 Å². The third kappa shape index (κ3) is 5.25. The smallest absolute Gasteiger partial charge is 0.416 e. The number of benzene rings is 4. The quantitative estimate of drug-likeness (QED) is 0.199. The van der Waals surface area contributed by atoms with Crippen LogP contribution in [0.15, 0.2) is 109 Å². The number of hydrogen-bond donors (Lipinski definition) is 0. The molecule has 0 saturated carbocycles. The third-order valence-electron chi connectivity index (χ3n) is 6.31. The van der Waals surface area contributed by atoms with Crippen LogP contribution >= 0.6 is 0 Å². The van der Waals surface area contributed by atoms with E-state index < -0.39 is 19.8 Å². The van der Waals surface area contributed by atoms with Gasteiger partial charge in [-0.3, -0.25) is 0 Å². The lowest BCUT2D eigenvalue weighted by atomic mass is 9.94. The normalized spacial score (nSPS) is 12.7. The number of hydrogen-bond acceptors (Lipinski definition) is 1. The lowest BCUT2D eigenvalue weighted by Gasteiger charge is -2.31. The molecule has 0 radical (unpaired) electrons. The van der Waals surface area contributed by atoms with Crippen molar-refractivity contribution in [1.29, 1.82) is 0 Å². The first-order valence-corrected chi connectivity index (χ1v) is 14.4. The van der Waals surface area contributed by atoms with Crippen molar-refractivity contribution in [2.75, 3.05) is 7.11 Å². The van der Waals surface area contributed by atoms with Gasteiger partial charge in [0.2, 0.25) is 0 Å². The molecule has 0 aliphatic rings. The van der Waals surface area contributed by atoms with Crippen molar-refractivity contribution in [3.05, 3.63) is 131 Å². The van der Waals surface area contributed by atoms with Crippen molar-refractivity contribution in [1.82, 2.24) is 0 Å². The molecule has 0 N–H and O–H groups in total. The van der Waals surface area contributed by atoms with E-state index >= 15 is 0 Å². The number of methoxy groups -OCH3 is 1. The molecule has 0 fully saturated rings. The summed E-state index contributed by atoms with van der Waals surface area (Å²) in [7, 11) is -0.711. The summed E-state index contributed by atoms with van der Waals surface area (Å²) < 4.78 is 45.4. The van der Waals surface area contributed by atoms with E-state index in [0.29, 0.717) is 0 Å². The van der Waals surface area contributed by atoms with Crippen LogP contribution in [0.1, 0.15) is 22.3 Å². The van der Waals surface area contributed by atoms with Crippen molar-refractivity contribution < 1.29 is 17.9 Å². The summed E-state index contributed by atoms with van der Waals surface area (Å²) in [4.78, 5) is 0. The zero-order chi connectivity index (χ0) is 25.1. The second-order valence-electron chi connectivity index (χ2n) is 8.91. The number of rotatable bonds is 6. The van der Waals surface area contributed by atoms with Crippen LogP contribution in [-0.4, -0.2) is 15.2 Å². The van der Waals surface area contributed by atoms with Crippen molar-refractivity contribution in [2.24, 2.45) is 0 Å². The highest BCUT2D eigenvalue weighted by Gasteiger charge is 2.34. The molecular weight excluding hydrogens is 461 g/mol. The van der Waals surface area contributed by atoms with E-state index in [0.717, 1.165) is 33.2 Å². The van der Waals surface area contributed by atoms with E-state index in [2.05, 4.69) is 37.4 Å². The maximum atomic E-state index is 13.3. The molecule has 1 nitrogen and oxygen atoms in total. The zero-order valence-electron chi connectivity index (χ0n) is 19.9. The van der Waals surface area contributed by atoms with E-state index in [9.17, 15) is 13.2 Å². The third-order valence-corrected chi connectivity index (χ3v) is 9.88. The van der Waals surface area contributed by atoms with Crippen LogP contribution in [-0.2, 0) is 6.18 Å². The molecule has 0 aliphatic heterocycles. The fourth-order valence-electron chi connectivity index (χ4n) is 4.46. The van der Waals surface area contributed by atoms with Gasteiger partial charge in [0.25, 0.3) is 0 Å². The van der Waals surface area contributed by atoms with Crippen LogP contribution in [0, 0.1) is 0 Å². The van der Waals surface area contributed by atoms with Gasteiger partial charge in [0.15, 0.2) is 0 Å². The van der Waals surface area contributed by atoms with Crippen molar-refractivity contribution in [3.8, 4) is 5.75 Å². The highest BCUT2D eigenvalue weighted by molar-refractivity contribution is 7.05. The summed E-state index contributed by atoms with van der Waals surface area (Å²) >= 11 is 0. The van der Waals surface area contributed by atoms with Crippen molar-refractivity contribution in [3.63, 3.8) is 0 Å². The molecule has 0 saturated heterocycles. The van der Waals surface area contributed by atoms with E-state index in [-0.39, 0.29) is 0 Å². The van der Waals surface area contributed by atoms with Gasteiger partial charge in [-0.25, -0.2) is 0 Å². The van der Waals surface area contributed by atoms with Crippen LogP contribution in [0.3, 0.4) is 0 Å². The van der Waals surface area contributed by atoms with Crippen molar-refractivity contribution in [2.45, 2.75) is 19.3 Å². The van der Waals surface area contributed by atoms with Gasteiger partial charge in [0, 0.05) is 0 Å². The molecule has 5 heteroatoms. The van der Waals surface area contributed by atoms with Gasteiger partial charge in [-0.2, -0.15) is 13.2 Å². The van der Waals surface area contributed by atoms with Gasteiger partial charge < -0.3 is 4.74 Å². The minimum Gasteiger partial charge on any atom is -0.497 e. The molecule has 0 atom stereocenters. The average Bonchev–Trinajstić information content (AvgIpc) is 2.88. The van der Waals surface area contributed by atoms with Crippen LogP contribution in [0.2, 0.25) is 13.1 Å². The summed E-state index contributed by atoms with van der Waals surface area (Å²) in [5.41, 5.74) is 3.03. The number of alkyl halides is 3. The Kier molecular flexibility index (Phi) is 6.99. The minimum absolute atomic E-state index is 0.656. The molecular formula is C30H27F3OSi. The fraction of sp³-hybridized carbons (Fsp3) is 0.133. The fourth-order valence-corrected chi connectivity index (χ4v) is 7.58. The van der Waals surface area contributed by atoms with Crippen molar-refractivity contribution >= 4 is 24.0 Å². The largest absolute Gasteiger partial charge is 0.497 e. The zero-order valence-corrected chi connectivity index (χ0v) is 20.9. The molecule has 0 spiro atoms. The predicted molar refractivity (Wildman–Crippen MR) is 140 cm³/mol. The average molecular weight is 489 g/mol. The Labute approximate surface area is 205 Å². The summed E-state index contributed by atoms with van der Waals surface area (Å²) in [5, 5.41) is 2.41. The SMILES string of the molecule is COc1ccc(/C(=C(\c2ccccc2)[Si](C)(C)c2ccccc2)c2ccc(C(F)(F)F)cc2)cc1. The monoisotopic (exact) mass is 488 g/mol. The van der Waals surface area contributed by atoms with E-state index in [1.807, 2.05) is 60.7 Å². The van der Waals surface area contributed by atoms with Crippen LogP contribution in [0.4, 0.5) is 13.2 Å². The number of halogens is 3. The summed E-state index contributed by atoms with van der Waals surface area (Å²) in [6.45, 7) is 4.58. The topological polar surface area (TPSA) is 9.23 Å². The lowest BCUT2D eigenvalue weighted by molar-refractivity contribution is -0.137. The second kappa shape index (κ2) is 9.96. The van der Waals surface area contributed by atoms with E-state index in [4.69, 9.17) is 4.74 Å². The maximum absolute atomic E-state index is 13.3. The van der Waals surface area contributed by atoms with Gasteiger partial charge in [-0.05, 0) is 51.7 Å². The summed E-state index contributed by atoms with van der Waals surface area (Å²) in [5.74, 6) is 0.723. The highest BCUT2D eigenvalue weighted by Crippen LogP contribution is 2.39. The molecule has 0 bridgehead atoms. The maximum Gasteiger partial charge on any atom is 0.416 e. The van der Waals surface area contributed by atoms with Crippen LogP contribution in [0.25, 0.3) is 10.8 Å². The Morgan fingerprint density at radius 2 is 1.11 bits per heavy atom. The Morgan fingerprint density at radius 1 is 0.629 bits per heavy atom. The summed E-state index contributed by atoms with van der Waals surface area (Å²) in [6.07, 6.45) is -4.39. The molecule has 4 aromatic rings. The molecule has 0 amide bonds.